The third-order valence-corrected chi connectivity index (χ3v) is 1.38. The Labute approximate surface area is 86.1 Å². The van der Waals surface area contributed by atoms with Crippen LogP contribution in [0.1, 0.15) is 17.4 Å². The van der Waals surface area contributed by atoms with Crippen molar-refractivity contribution in [2.75, 3.05) is 13.7 Å². The van der Waals surface area contributed by atoms with Gasteiger partial charge < -0.3 is 9.72 Å². The van der Waals surface area contributed by atoms with Crippen molar-refractivity contribution in [2.45, 2.75) is 6.92 Å². The van der Waals surface area contributed by atoms with Crippen molar-refractivity contribution in [1.29, 1.82) is 0 Å². The highest BCUT2D eigenvalue weighted by molar-refractivity contribution is 5.91. The number of aromatic nitrogens is 2. The van der Waals surface area contributed by atoms with Crippen LogP contribution in [0.5, 0.6) is 0 Å². The SMILES string of the molecule is CCOC(=O)c1[nH]cnc1N=NN(C)N. The van der Waals surface area contributed by atoms with E-state index in [0.29, 0.717) is 0 Å². The van der Waals surface area contributed by atoms with Crippen molar-refractivity contribution in [3.8, 4) is 0 Å². The maximum atomic E-state index is 11.3. The number of esters is 1. The van der Waals surface area contributed by atoms with Crippen molar-refractivity contribution in [3.63, 3.8) is 0 Å². The van der Waals surface area contributed by atoms with Crippen LogP contribution >= 0.6 is 0 Å². The summed E-state index contributed by atoms with van der Waals surface area (Å²) >= 11 is 0. The minimum absolute atomic E-state index is 0.144. The normalized spacial score (nSPS) is 10.6. The van der Waals surface area contributed by atoms with Crippen molar-refractivity contribution < 1.29 is 9.53 Å². The Bertz CT molecular complexity index is 358. The summed E-state index contributed by atoms with van der Waals surface area (Å²) in [7, 11) is 1.50. The van der Waals surface area contributed by atoms with Gasteiger partial charge in [-0.05, 0) is 6.92 Å². The van der Waals surface area contributed by atoms with E-state index in [2.05, 4.69) is 20.3 Å². The van der Waals surface area contributed by atoms with E-state index in [1.54, 1.807) is 6.92 Å². The van der Waals surface area contributed by atoms with E-state index in [4.69, 9.17) is 10.6 Å². The number of aromatic amines is 1. The van der Waals surface area contributed by atoms with Crippen molar-refractivity contribution >= 4 is 11.8 Å². The third kappa shape index (κ3) is 3.02. The van der Waals surface area contributed by atoms with Crippen LogP contribution in [0.2, 0.25) is 0 Å². The summed E-state index contributed by atoms with van der Waals surface area (Å²) in [4.78, 5) is 17.7. The Balaban J connectivity index is 2.82. The summed E-state index contributed by atoms with van der Waals surface area (Å²) in [5.74, 6) is 4.83. The Morgan fingerprint density at radius 2 is 2.53 bits per heavy atom. The molecule has 0 atom stereocenters. The zero-order valence-corrected chi connectivity index (χ0v) is 8.47. The van der Waals surface area contributed by atoms with E-state index in [1.807, 2.05) is 0 Å². The predicted octanol–water partition coefficient (Wildman–Crippen LogP) is 0.391. The Morgan fingerprint density at radius 1 is 1.80 bits per heavy atom. The number of hydrogen-bond acceptors (Lipinski definition) is 6. The number of ether oxygens (including phenoxy) is 1. The molecule has 0 saturated heterocycles. The summed E-state index contributed by atoms with van der Waals surface area (Å²) in [6.45, 7) is 1.99. The average molecular weight is 212 g/mol. The molecule has 1 heterocycles. The van der Waals surface area contributed by atoms with Gasteiger partial charge in [-0.15, -0.1) is 5.11 Å². The van der Waals surface area contributed by atoms with Crippen LogP contribution in [0, 0.1) is 0 Å². The average Bonchev–Trinajstić information content (AvgIpc) is 2.62. The molecule has 0 radical (unpaired) electrons. The van der Waals surface area contributed by atoms with E-state index >= 15 is 0 Å². The molecular formula is C7H12N6O2. The highest BCUT2D eigenvalue weighted by atomic mass is 16.5. The topological polar surface area (TPSA) is 109 Å². The monoisotopic (exact) mass is 212 g/mol. The molecule has 8 nitrogen and oxygen atoms in total. The zero-order valence-electron chi connectivity index (χ0n) is 8.47. The second-order valence-electron chi connectivity index (χ2n) is 2.58. The molecule has 0 aromatic carbocycles. The van der Waals surface area contributed by atoms with Gasteiger partial charge >= 0.3 is 5.97 Å². The number of carbonyl (C=O) groups is 1. The quantitative estimate of drug-likeness (QED) is 0.325. The molecule has 3 N–H and O–H groups in total. The molecule has 0 aliphatic rings. The highest BCUT2D eigenvalue weighted by Crippen LogP contribution is 2.14. The number of nitrogens with two attached hydrogens (primary N) is 1. The molecule has 0 saturated carbocycles. The second kappa shape index (κ2) is 5.05. The molecule has 0 bridgehead atoms. The first-order chi connectivity index (χ1) is 7.15. The van der Waals surface area contributed by atoms with E-state index in [1.165, 1.54) is 13.4 Å². The van der Waals surface area contributed by atoms with E-state index in [-0.39, 0.29) is 18.1 Å². The molecule has 8 heteroatoms. The van der Waals surface area contributed by atoms with Crippen molar-refractivity contribution in [2.24, 2.45) is 16.2 Å². The minimum atomic E-state index is -0.524. The number of nitrogens with one attached hydrogen (secondary N) is 1. The van der Waals surface area contributed by atoms with Crippen LogP contribution in [0.25, 0.3) is 0 Å². The van der Waals surface area contributed by atoms with Crippen LogP contribution in [0.4, 0.5) is 5.82 Å². The van der Waals surface area contributed by atoms with Crippen LogP contribution in [-0.4, -0.2) is 34.7 Å². The number of hydrazine groups is 1. The van der Waals surface area contributed by atoms with E-state index in [0.717, 1.165) is 5.12 Å². The van der Waals surface area contributed by atoms with Crippen LogP contribution in [-0.2, 0) is 4.74 Å². The molecule has 0 spiro atoms. The fraction of sp³-hybridized carbons (Fsp3) is 0.429. The van der Waals surface area contributed by atoms with Crippen LogP contribution in [0.3, 0.4) is 0 Å². The largest absolute Gasteiger partial charge is 0.461 e. The third-order valence-electron chi connectivity index (χ3n) is 1.38. The molecule has 1 aromatic rings. The number of carbonyl (C=O) groups excluding carboxylic acids is 1. The lowest BCUT2D eigenvalue weighted by atomic mass is 10.4. The molecule has 1 aromatic heterocycles. The number of imidazole rings is 1. The lowest BCUT2D eigenvalue weighted by Crippen LogP contribution is -2.17. The first-order valence-corrected chi connectivity index (χ1v) is 4.25. The number of rotatable bonds is 4. The standard InChI is InChI=1S/C7H12N6O2/c1-3-15-7(14)5-6(10-4-9-5)11-12-13(2)8/h4H,3,8H2,1-2H3,(H,9,10). The van der Waals surface area contributed by atoms with Crippen LogP contribution in [0.15, 0.2) is 16.7 Å². The fourth-order valence-corrected chi connectivity index (χ4v) is 0.829. The van der Waals surface area contributed by atoms with Gasteiger partial charge in [0.05, 0.1) is 12.9 Å². The second-order valence-corrected chi connectivity index (χ2v) is 2.58. The minimum Gasteiger partial charge on any atom is -0.461 e. The van der Waals surface area contributed by atoms with Gasteiger partial charge in [-0.2, -0.15) is 0 Å². The molecule has 0 fully saturated rings. The first kappa shape index (κ1) is 11.1. The molecule has 0 aliphatic carbocycles. The summed E-state index contributed by atoms with van der Waals surface area (Å²) in [6, 6.07) is 0. The molecular weight excluding hydrogens is 200 g/mol. The molecule has 0 aliphatic heterocycles. The Hall–Kier alpha value is -1.96. The molecule has 0 amide bonds. The molecule has 15 heavy (non-hydrogen) atoms. The number of hydrogen-bond donors (Lipinski definition) is 2. The van der Waals surface area contributed by atoms with Gasteiger partial charge in [-0.25, -0.2) is 20.7 Å². The smallest absolute Gasteiger partial charge is 0.358 e. The van der Waals surface area contributed by atoms with Gasteiger partial charge in [-0.1, -0.05) is 5.22 Å². The zero-order chi connectivity index (χ0) is 11.3. The van der Waals surface area contributed by atoms with E-state index in [9.17, 15) is 4.79 Å². The lowest BCUT2D eigenvalue weighted by Gasteiger charge is -2.00. The maximum Gasteiger partial charge on any atom is 0.358 e. The number of nitrogens with zero attached hydrogens (tertiary/aromatic N) is 4. The van der Waals surface area contributed by atoms with E-state index < -0.39 is 5.97 Å². The van der Waals surface area contributed by atoms with Gasteiger partial charge in [0.15, 0.2) is 5.69 Å². The Morgan fingerprint density at radius 3 is 3.13 bits per heavy atom. The Kier molecular flexibility index (Phi) is 3.75. The van der Waals surface area contributed by atoms with Gasteiger partial charge in [0, 0.05) is 7.05 Å². The lowest BCUT2D eigenvalue weighted by molar-refractivity contribution is 0.0521. The summed E-state index contributed by atoms with van der Waals surface area (Å²) in [6.07, 6.45) is 1.33. The fourth-order valence-electron chi connectivity index (χ4n) is 0.829. The van der Waals surface area contributed by atoms with Gasteiger partial charge in [0.1, 0.15) is 0 Å². The number of H-pyrrole nitrogens is 1. The molecule has 82 valence electrons. The van der Waals surface area contributed by atoms with Gasteiger partial charge in [0.2, 0.25) is 5.82 Å². The van der Waals surface area contributed by atoms with Gasteiger partial charge in [-0.3, -0.25) is 0 Å². The highest BCUT2D eigenvalue weighted by Gasteiger charge is 2.14. The summed E-state index contributed by atoms with van der Waals surface area (Å²) < 4.78 is 4.78. The molecule has 0 unspecified atom stereocenters. The summed E-state index contributed by atoms with van der Waals surface area (Å²) in [5, 5.41) is 8.17. The van der Waals surface area contributed by atoms with Gasteiger partial charge in [0.25, 0.3) is 0 Å². The summed E-state index contributed by atoms with van der Waals surface area (Å²) in [5.41, 5.74) is 0.155. The van der Waals surface area contributed by atoms with Crippen LogP contribution < -0.4 is 5.84 Å². The first-order valence-electron chi connectivity index (χ1n) is 4.25. The van der Waals surface area contributed by atoms with Crippen molar-refractivity contribution in [3.05, 3.63) is 12.0 Å². The van der Waals surface area contributed by atoms with Crippen molar-refractivity contribution in [1.82, 2.24) is 15.1 Å². The molecule has 1 rings (SSSR count). The predicted molar refractivity (Wildman–Crippen MR) is 51.0 cm³/mol. The maximum absolute atomic E-state index is 11.3.